The molecule has 1 aromatic heterocycles. The molecule has 8 nitrogen and oxygen atoms in total. The Labute approximate surface area is 206 Å². The summed E-state index contributed by atoms with van der Waals surface area (Å²) in [5.41, 5.74) is 2.66. The first-order valence-electron chi connectivity index (χ1n) is 11.9. The summed E-state index contributed by atoms with van der Waals surface area (Å²) < 4.78 is 7.76. The van der Waals surface area contributed by atoms with Gasteiger partial charge in [-0.15, -0.1) is 5.10 Å². The first-order chi connectivity index (χ1) is 16.5. The number of aromatic nitrogens is 3. The molecule has 2 heterocycles. The second-order valence-corrected chi connectivity index (χ2v) is 9.38. The first-order valence-corrected chi connectivity index (χ1v) is 12.3. The van der Waals surface area contributed by atoms with Crippen molar-refractivity contribution in [2.45, 2.75) is 19.3 Å². The fourth-order valence-corrected chi connectivity index (χ4v) is 4.20. The molecule has 1 saturated heterocycles. The highest BCUT2D eigenvalue weighted by Crippen LogP contribution is 2.22. The number of halogens is 1. The maximum Gasteiger partial charge on any atom is 0.236 e. The van der Waals surface area contributed by atoms with Gasteiger partial charge in [0.15, 0.2) is 0 Å². The van der Waals surface area contributed by atoms with E-state index in [1.54, 1.807) is 9.58 Å². The van der Waals surface area contributed by atoms with E-state index in [0.29, 0.717) is 18.2 Å². The van der Waals surface area contributed by atoms with E-state index in [1.807, 2.05) is 56.6 Å². The zero-order valence-corrected chi connectivity index (χ0v) is 20.7. The van der Waals surface area contributed by atoms with Crippen molar-refractivity contribution in [1.82, 2.24) is 29.7 Å². The van der Waals surface area contributed by atoms with Crippen molar-refractivity contribution < 1.29 is 9.53 Å². The molecule has 1 aliphatic rings. The average Bonchev–Trinajstić information content (AvgIpc) is 3.26. The van der Waals surface area contributed by atoms with Crippen LogP contribution in [0.15, 0.2) is 42.5 Å². The molecule has 0 aliphatic carbocycles. The maximum absolute atomic E-state index is 11.8. The summed E-state index contributed by atoms with van der Waals surface area (Å²) in [6.07, 6.45) is 3.32. The van der Waals surface area contributed by atoms with Gasteiger partial charge in [-0.3, -0.25) is 9.69 Å². The van der Waals surface area contributed by atoms with Gasteiger partial charge in [0.2, 0.25) is 5.91 Å². The monoisotopic (exact) mass is 484 g/mol. The number of likely N-dealkylation sites (N-methyl/N-ethyl adjacent to an activating group) is 1. The number of rotatable bonds is 10. The Kier molecular flexibility index (Phi) is 8.37. The summed E-state index contributed by atoms with van der Waals surface area (Å²) in [6, 6.07) is 13.4. The lowest BCUT2D eigenvalue weighted by Crippen LogP contribution is -2.49. The molecule has 9 heteroatoms. The molecule has 0 N–H and O–H groups in total. The topological polar surface area (TPSA) is 66.7 Å². The van der Waals surface area contributed by atoms with Crippen LogP contribution in [-0.2, 0) is 4.79 Å². The van der Waals surface area contributed by atoms with Crippen LogP contribution in [0.5, 0.6) is 5.75 Å². The number of ether oxygens (including phenoxy) is 1. The van der Waals surface area contributed by atoms with Gasteiger partial charge in [0.1, 0.15) is 11.3 Å². The van der Waals surface area contributed by atoms with E-state index in [0.717, 1.165) is 74.5 Å². The molecule has 2 aromatic carbocycles. The van der Waals surface area contributed by atoms with Gasteiger partial charge in [-0.25, -0.2) is 4.68 Å². The summed E-state index contributed by atoms with van der Waals surface area (Å²) in [4.78, 5) is 18.3. The van der Waals surface area contributed by atoms with Crippen molar-refractivity contribution >= 4 is 28.5 Å². The predicted octanol–water partition coefficient (Wildman–Crippen LogP) is 3.33. The van der Waals surface area contributed by atoms with Crippen LogP contribution in [0.2, 0.25) is 5.02 Å². The van der Waals surface area contributed by atoms with Gasteiger partial charge in [0.05, 0.1) is 24.4 Å². The molecular weight excluding hydrogens is 452 g/mol. The summed E-state index contributed by atoms with van der Waals surface area (Å²) >= 11 is 5.98. The van der Waals surface area contributed by atoms with Crippen LogP contribution in [0.25, 0.3) is 16.7 Å². The number of carbonyl (C=O) groups is 1. The van der Waals surface area contributed by atoms with Gasteiger partial charge in [-0.1, -0.05) is 16.8 Å². The van der Waals surface area contributed by atoms with Crippen molar-refractivity contribution in [1.29, 1.82) is 0 Å². The smallest absolute Gasteiger partial charge is 0.236 e. The molecule has 1 fully saturated rings. The van der Waals surface area contributed by atoms with Crippen molar-refractivity contribution in [3.05, 3.63) is 47.5 Å². The summed E-state index contributed by atoms with van der Waals surface area (Å²) in [5.74, 6) is 0.998. The fraction of sp³-hybridized carbons (Fsp3) is 0.480. The molecule has 3 aromatic rings. The van der Waals surface area contributed by atoms with E-state index in [1.165, 1.54) is 0 Å². The molecule has 1 aliphatic heterocycles. The summed E-state index contributed by atoms with van der Waals surface area (Å²) in [5, 5.41) is 9.25. The molecule has 0 bridgehead atoms. The van der Waals surface area contributed by atoms with Crippen molar-refractivity contribution in [2.75, 3.05) is 60.0 Å². The zero-order chi connectivity index (χ0) is 23.9. The van der Waals surface area contributed by atoms with Gasteiger partial charge in [-0.2, -0.15) is 0 Å². The minimum atomic E-state index is 0.179. The van der Waals surface area contributed by atoms with E-state index < -0.39 is 0 Å². The Bertz CT molecular complexity index is 1080. The molecule has 34 heavy (non-hydrogen) atoms. The number of unbranched alkanes of at least 4 members (excludes halogenated alkanes) is 2. The molecule has 182 valence electrons. The Hall–Kier alpha value is -2.68. The number of hydrogen-bond acceptors (Lipinski definition) is 6. The summed E-state index contributed by atoms with van der Waals surface area (Å²) in [7, 11) is 3.63. The third kappa shape index (κ3) is 6.46. The van der Waals surface area contributed by atoms with Crippen LogP contribution in [0, 0.1) is 0 Å². The molecule has 0 saturated carbocycles. The van der Waals surface area contributed by atoms with Crippen LogP contribution in [0.1, 0.15) is 19.3 Å². The zero-order valence-electron chi connectivity index (χ0n) is 20.0. The summed E-state index contributed by atoms with van der Waals surface area (Å²) in [6.45, 7) is 6.33. The highest BCUT2D eigenvalue weighted by Gasteiger charge is 2.19. The molecule has 0 atom stereocenters. The number of fused-ring (bicyclic) bond motifs is 1. The predicted molar refractivity (Wildman–Crippen MR) is 135 cm³/mol. The first kappa shape index (κ1) is 24.4. The van der Waals surface area contributed by atoms with Gasteiger partial charge in [-0.05, 0) is 62.2 Å². The van der Waals surface area contributed by atoms with Gasteiger partial charge < -0.3 is 14.5 Å². The molecule has 1 amide bonds. The van der Waals surface area contributed by atoms with E-state index in [4.69, 9.17) is 16.3 Å². The molecule has 4 rings (SSSR count). The van der Waals surface area contributed by atoms with Gasteiger partial charge in [0, 0.05) is 51.4 Å². The largest absolute Gasteiger partial charge is 0.494 e. The van der Waals surface area contributed by atoms with E-state index in [-0.39, 0.29) is 5.91 Å². The Morgan fingerprint density at radius 2 is 1.74 bits per heavy atom. The number of benzene rings is 2. The second kappa shape index (κ2) is 11.6. The van der Waals surface area contributed by atoms with Gasteiger partial charge in [0.25, 0.3) is 0 Å². The quantitative estimate of drug-likeness (QED) is 0.411. The van der Waals surface area contributed by atoms with E-state index in [2.05, 4.69) is 20.1 Å². The van der Waals surface area contributed by atoms with Crippen LogP contribution >= 0.6 is 11.6 Å². The fourth-order valence-electron chi connectivity index (χ4n) is 4.07. The number of nitrogens with zero attached hydrogens (tertiary/aromatic N) is 6. The SMILES string of the molecule is CN(C)C(=O)CN1CCN(CCCCCOc2ccc3c(c2)nnn3-c2ccc(Cl)cc2)CC1. The van der Waals surface area contributed by atoms with E-state index >= 15 is 0 Å². The lowest BCUT2D eigenvalue weighted by Gasteiger charge is -2.34. The van der Waals surface area contributed by atoms with Crippen LogP contribution in [0.3, 0.4) is 0 Å². The number of piperazine rings is 1. The van der Waals surface area contributed by atoms with Crippen molar-refractivity contribution in [3.8, 4) is 11.4 Å². The Morgan fingerprint density at radius 1 is 1.00 bits per heavy atom. The lowest BCUT2D eigenvalue weighted by molar-refractivity contribution is -0.130. The highest BCUT2D eigenvalue weighted by molar-refractivity contribution is 6.30. The normalized spacial score (nSPS) is 15.0. The van der Waals surface area contributed by atoms with Crippen LogP contribution in [0.4, 0.5) is 0 Å². The minimum absolute atomic E-state index is 0.179. The lowest BCUT2D eigenvalue weighted by atomic mass is 10.2. The van der Waals surface area contributed by atoms with Crippen molar-refractivity contribution in [3.63, 3.8) is 0 Å². The number of amides is 1. The molecular formula is C25H33ClN6O2. The Balaban J connectivity index is 1.14. The van der Waals surface area contributed by atoms with Crippen LogP contribution < -0.4 is 4.74 Å². The maximum atomic E-state index is 11.8. The number of carbonyl (C=O) groups excluding carboxylic acids is 1. The third-order valence-electron chi connectivity index (χ3n) is 6.20. The molecule has 0 unspecified atom stereocenters. The number of hydrogen-bond donors (Lipinski definition) is 0. The average molecular weight is 485 g/mol. The minimum Gasteiger partial charge on any atom is -0.494 e. The highest BCUT2D eigenvalue weighted by atomic mass is 35.5. The third-order valence-corrected chi connectivity index (χ3v) is 6.45. The van der Waals surface area contributed by atoms with E-state index in [9.17, 15) is 4.79 Å². The molecule has 0 spiro atoms. The second-order valence-electron chi connectivity index (χ2n) is 8.94. The molecule has 0 radical (unpaired) electrons. The Morgan fingerprint density at radius 3 is 2.47 bits per heavy atom. The van der Waals surface area contributed by atoms with Crippen molar-refractivity contribution in [2.24, 2.45) is 0 Å². The van der Waals surface area contributed by atoms with Crippen LogP contribution in [-0.4, -0.2) is 95.6 Å². The van der Waals surface area contributed by atoms with Gasteiger partial charge >= 0.3 is 0 Å². The standard InChI is InChI=1S/C25H33ClN6O2/c1-29(2)25(33)19-31-15-13-30(14-16-31)12-4-3-5-17-34-22-10-11-24-23(18-22)27-28-32(24)21-8-6-20(26)7-9-21/h6-11,18H,3-5,12-17,19H2,1-2H3.